The van der Waals surface area contributed by atoms with Crippen LogP contribution in [0, 0.1) is 0 Å². The fourth-order valence-corrected chi connectivity index (χ4v) is 0.645. The predicted octanol–water partition coefficient (Wildman–Crippen LogP) is -0.325. The number of anilines is 2. The van der Waals surface area contributed by atoms with Crippen LogP contribution in [0.15, 0.2) is 18.3 Å². The van der Waals surface area contributed by atoms with Crippen molar-refractivity contribution in [2.24, 2.45) is 7.05 Å². The van der Waals surface area contributed by atoms with Crippen molar-refractivity contribution in [2.45, 2.75) is 0 Å². The number of hydrogen-bond donors (Lipinski definition) is 2. The second-order valence-corrected chi connectivity index (χ2v) is 1.96. The average molecular weight is 124 g/mol. The lowest BCUT2D eigenvalue weighted by Gasteiger charge is -1.95. The number of aromatic nitrogens is 1. The van der Waals surface area contributed by atoms with Gasteiger partial charge < -0.3 is 5.73 Å². The molecule has 0 saturated heterocycles. The molecule has 3 nitrogen and oxygen atoms in total. The second kappa shape index (κ2) is 1.93. The average Bonchev–Trinajstić information content (AvgIpc) is 1.83. The standard InChI is InChI=1S/C6H9N3/c1-9-4-2-3-5(7)6(9)8/h2-4,8H,7H2,1H3/p+1. The van der Waals surface area contributed by atoms with Gasteiger partial charge in [-0.25, -0.2) is 4.57 Å². The van der Waals surface area contributed by atoms with Crippen LogP contribution in [0.3, 0.4) is 0 Å². The van der Waals surface area contributed by atoms with Crippen molar-refractivity contribution >= 4 is 11.5 Å². The van der Waals surface area contributed by atoms with Gasteiger partial charge in [-0.2, -0.15) is 0 Å². The van der Waals surface area contributed by atoms with Crippen molar-refractivity contribution in [1.82, 2.24) is 0 Å². The van der Waals surface area contributed by atoms with E-state index in [0.29, 0.717) is 11.5 Å². The van der Waals surface area contributed by atoms with Gasteiger partial charge in [0.15, 0.2) is 0 Å². The van der Waals surface area contributed by atoms with Crippen LogP contribution in [0.25, 0.3) is 0 Å². The lowest BCUT2D eigenvalue weighted by Crippen LogP contribution is -2.32. The van der Waals surface area contributed by atoms with E-state index in [4.69, 9.17) is 11.5 Å². The Kier molecular flexibility index (Phi) is 1.26. The first kappa shape index (κ1) is 5.88. The fraction of sp³-hybridized carbons (Fsp3) is 0.167. The van der Waals surface area contributed by atoms with E-state index in [-0.39, 0.29) is 0 Å². The summed E-state index contributed by atoms with van der Waals surface area (Å²) in [6.45, 7) is 0. The molecule has 0 aliphatic carbocycles. The summed E-state index contributed by atoms with van der Waals surface area (Å²) in [5, 5.41) is 0. The minimum Gasteiger partial charge on any atom is -0.392 e. The molecule has 0 aliphatic rings. The third-order valence-corrected chi connectivity index (χ3v) is 1.26. The SMILES string of the molecule is C[n+]1cccc(N)c1N. The molecule has 1 heterocycles. The maximum atomic E-state index is 5.52. The molecule has 3 heteroatoms. The first-order valence-corrected chi connectivity index (χ1v) is 2.71. The molecule has 0 spiro atoms. The molecular weight excluding hydrogens is 114 g/mol. The van der Waals surface area contributed by atoms with Crippen LogP contribution in [-0.4, -0.2) is 0 Å². The van der Waals surface area contributed by atoms with Gasteiger partial charge in [0.2, 0.25) is 0 Å². The highest BCUT2D eigenvalue weighted by atomic mass is 15.0. The first-order chi connectivity index (χ1) is 4.22. The van der Waals surface area contributed by atoms with Gasteiger partial charge in [0, 0.05) is 0 Å². The fourth-order valence-electron chi connectivity index (χ4n) is 0.645. The van der Waals surface area contributed by atoms with Crippen LogP contribution in [0.5, 0.6) is 0 Å². The highest BCUT2D eigenvalue weighted by Crippen LogP contribution is 2.04. The Bertz CT molecular complexity index is 199. The molecule has 0 atom stereocenters. The zero-order valence-electron chi connectivity index (χ0n) is 5.33. The Labute approximate surface area is 53.9 Å². The Hall–Kier alpha value is -1.25. The highest BCUT2D eigenvalue weighted by molar-refractivity contribution is 5.53. The van der Waals surface area contributed by atoms with Crippen molar-refractivity contribution < 1.29 is 4.57 Å². The quantitative estimate of drug-likeness (QED) is 0.465. The number of nitrogen functional groups attached to an aromatic ring is 2. The molecule has 48 valence electrons. The summed E-state index contributed by atoms with van der Waals surface area (Å²) < 4.78 is 1.77. The minimum atomic E-state index is 0.609. The number of aryl methyl sites for hydroxylation is 1. The van der Waals surface area contributed by atoms with E-state index in [2.05, 4.69) is 0 Å². The van der Waals surface area contributed by atoms with Crippen molar-refractivity contribution in [3.8, 4) is 0 Å². The van der Waals surface area contributed by atoms with E-state index in [1.807, 2.05) is 19.3 Å². The van der Waals surface area contributed by atoms with Gasteiger partial charge in [-0.15, -0.1) is 0 Å². The molecule has 9 heavy (non-hydrogen) atoms. The van der Waals surface area contributed by atoms with Gasteiger partial charge in [-0.05, 0) is 12.1 Å². The summed E-state index contributed by atoms with van der Waals surface area (Å²) in [4.78, 5) is 0. The molecule has 0 unspecified atom stereocenters. The number of nitrogens with two attached hydrogens (primary N) is 2. The van der Waals surface area contributed by atoms with Gasteiger partial charge in [0.25, 0.3) is 5.82 Å². The van der Waals surface area contributed by atoms with E-state index < -0.39 is 0 Å². The van der Waals surface area contributed by atoms with Crippen LogP contribution in [0.2, 0.25) is 0 Å². The van der Waals surface area contributed by atoms with Crippen molar-refractivity contribution in [1.29, 1.82) is 0 Å². The first-order valence-electron chi connectivity index (χ1n) is 2.71. The summed E-state index contributed by atoms with van der Waals surface area (Å²) in [6, 6.07) is 3.63. The molecule has 0 fully saturated rings. The Balaban J connectivity index is 3.25. The van der Waals surface area contributed by atoms with E-state index in [0.717, 1.165) is 0 Å². The molecule has 0 aliphatic heterocycles. The molecule has 1 aromatic heterocycles. The van der Waals surface area contributed by atoms with E-state index in [1.54, 1.807) is 10.6 Å². The molecule has 0 bridgehead atoms. The van der Waals surface area contributed by atoms with Gasteiger partial charge in [-0.3, -0.25) is 5.73 Å². The van der Waals surface area contributed by atoms with Gasteiger partial charge in [-0.1, -0.05) is 0 Å². The van der Waals surface area contributed by atoms with Crippen LogP contribution in [0.4, 0.5) is 11.5 Å². The summed E-state index contributed by atoms with van der Waals surface area (Å²) in [5.41, 5.74) is 11.6. The topological polar surface area (TPSA) is 55.9 Å². The molecule has 1 aromatic rings. The number of nitrogens with zero attached hydrogens (tertiary/aromatic N) is 1. The Morgan fingerprint density at radius 3 is 2.56 bits per heavy atom. The summed E-state index contributed by atoms with van der Waals surface area (Å²) >= 11 is 0. The maximum absolute atomic E-state index is 5.52. The minimum absolute atomic E-state index is 0.609. The molecule has 0 amide bonds. The van der Waals surface area contributed by atoms with Crippen molar-refractivity contribution in [3.63, 3.8) is 0 Å². The second-order valence-electron chi connectivity index (χ2n) is 1.96. The van der Waals surface area contributed by atoms with Crippen molar-refractivity contribution in [2.75, 3.05) is 11.5 Å². The number of rotatable bonds is 0. The third kappa shape index (κ3) is 0.937. The van der Waals surface area contributed by atoms with Gasteiger partial charge in [0.1, 0.15) is 5.69 Å². The molecule has 4 N–H and O–H groups in total. The summed E-state index contributed by atoms with van der Waals surface area (Å²) in [6.07, 6.45) is 1.85. The van der Waals surface area contributed by atoms with Gasteiger partial charge >= 0.3 is 0 Å². The molecule has 1 rings (SSSR count). The molecule has 0 saturated carbocycles. The van der Waals surface area contributed by atoms with E-state index in [1.165, 1.54) is 0 Å². The van der Waals surface area contributed by atoms with Crippen LogP contribution < -0.4 is 16.0 Å². The Morgan fingerprint density at radius 2 is 2.11 bits per heavy atom. The predicted molar refractivity (Wildman–Crippen MR) is 36.4 cm³/mol. The lowest BCUT2D eigenvalue weighted by molar-refractivity contribution is -0.656. The van der Waals surface area contributed by atoms with Crippen LogP contribution in [0.1, 0.15) is 0 Å². The Morgan fingerprint density at radius 1 is 1.44 bits per heavy atom. The number of hydrogen-bond acceptors (Lipinski definition) is 2. The zero-order valence-corrected chi connectivity index (χ0v) is 5.33. The molecule has 0 aromatic carbocycles. The van der Waals surface area contributed by atoms with E-state index in [9.17, 15) is 0 Å². The number of pyridine rings is 1. The van der Waals surface area contributed by atoms with Crippen LogP contribution in [-0.2, 0) is 7.05 Å². The maximum Gasteiger partial charge on any atom is 0.295 e. The summed E-state index contributed by atoms with van der Waals surface area (Å²) in [7, 11) is 1.85. The molecule has 0 radical (unpaired) electrons. The third-order valence-electron chi connectivity index (χ3n) is 1.26. The zero-order chi connectivity index (χ0) is 6.85. The van der Waals surface area contributed by atoms with Crippen molar-refractivity contribution in [3.05, 3.63) is 18.3 Å². The highest BCUT2D eigenvalue weighted by Gasteiger charge is 2.00. The largest absolute Gasteiger partial charge is 0.392 e. The lowest BCUT2D eigenvalue weighted by atomic mass is 10.4. The summed E-state index contributed by atoms with van der Waals surface area (Å²) in [5.74, 6) is 0.609. The van der Waals surface area contributed by atoms with Crippen LogP contribution >= 0.6 is 0 Å². The normalized spacial score (nSPS) is 9.44. The smallest absolute Gasteiger partial charge is 0.295 e. The molecular formula is C6H10N3+. The van der Waals surface area contributed by atoms with E-state index >= 15 is 0 Å². The monoisotopic (exact) mass is 124 g/mol. The van der Waals surface area contributed by atoms with Gasteiger partial charge in [0.05, 0.1) is 13.2 Å².